The molecule has 2 heteroatoms. The van der Waals surface area contributed by atoms with Crippen molar-refractivity contribution >= 4 is 12.1 Å². The molecule has 1 atom stereocenters. The number of rotatable bonds is 4. The first kappa shape index (κ1) is 9.90. The SMILES string of the molecule is C=CC1=CC(=O)CCC1CCC=O. The number of carbonyl (C=O) groups excluding carboxylic acids is 2. The second-order valence-corrected chi connectivity index (χ2v) is 3.29. The topological polar surface area (TPSA) is 34.1 Å². The van der Waals surface area contributed by atoms with Gasteiger partial charge >= 0.3 is 0 Å². The quantitative estimate of drug-likeness (QED) is 0.617. The van der Waals surface area contributed by atoms with Crippen LogP contribution < -0.4 is 0 Å². The Labute approximate surface area is 78.3 Å². The highest BCUT2D eigenvalue weighted by atomic mass is 16.1. The summed E-state index contributed by atoms with van der Waals surface area (Å²) in [6, 6.07) is 0. The van der Waals surface area contributed by atoms with E-state index in [1.807, 2.05) is 0 Å². The molecule has 0 spiro atoms. The Balaban J connectivity index is 2.63. The molecule has 1 aliphatic rings. The van der Waals surface area contributed by atoms with Crippen LogP contribution in [0, 0.1) is 5.92 Å². The molecule has 13 heavy (non-hydrogen) atoms. The van der Waals surface area contributed by atoms with Crippen molar-refractivity contribution in [2.75, 3.05) is 0 Å². The van der Waals surface area contributed by atoms with Crippen molar-refractivity contribution in [3.8, 4) is 0 Å². The second-order valence-electron chi connectivity index (χ2n) is 3.29. The zero-order valence-electron chi connectivity index (χ0n) is 7.66. The minimum atomic E-state index is 0.178. The smallest absolute Gasteiger partial charge is 0.155 e. The van der Waals surface area contributed by atoms with Crippen molar-refractivity contribution in [1.82, 2.24) is 0 Å². The van der Waals surface area contributed by atoms with Gasteiger partial charge in [-0.3, -0.25) is 4.79 Å². The number of carbonyl (C=O) groups is 2. The minimum Gasteiger partial charge on any atom is -0.303 e. The Morgan fingerprint density at radius 1 is 1.62 bits per heavy atom. The summed E-state index contributed by atoms with van der Waals surface area (Å²) in [6.45, 7) is 3.67. The van der Waals surface area contributed by atoms with Crippen molar-refractivity contribution in [1.29, 1.82) is 0 Å². The number of aldehydes is 1. The van der Waals surface area contributed by atoms with Gasteiger partial charge in [-0.1, -0.05) is 12.7 Å². The van der Waals surface area contributed by atoms with Crippen LogP contribution in [0.5, 0.6) is 0 Å². The van der Waals surface area contributed by atoms with Crippen molar-refractivity contribution in [2.45, 2.75) is 25.7 Å². The summed E-state index contributed by atoms with van der Waals surface area (Å²) >= 11 is 0. The second kappa shape index (κ2) is 4.75. The summed E-state index contributed by atoms with van der Waals surface area (Å²) in [6.07, 6.45) is 7.21. The standard InChI is InChI=1S/C11H14O2/c1-2-9-8-11(13)6-5-10(9)4-3-7-12/h2,7-8,10H,1,3-6H2. The van der Waals surface area contributed by atoms with Crippen LogP contribution >= 0.6 is 0 Å². The number of hydrogen-bond acceptors (Lipinski definition) is 2. The first-order valence-electron chi connectivity index (χ1n) is 4.58. The fraction of sp³-hybridized carbons (Fsp3) is 0.455. The lowest BCUT2D eigenvalue weighted by atomic mass is 9.84. The van der Waals surface area contributed by atoms with Gasteiger partial charge < -0.3 is 4.79 Å². The zero-order chi connectivity index (χ0) is 9.68. The predicted octanol–water partition coefficient (Wildman–Crippen LogP) is 2.06. The highest BCUT2D eigenvalue weighted by Gasteiger charge is 2.18. The van der Waals surface area contributed by atoms with Crippen LogP contribution in [0.25, 0.3) is 0 Å². The minimum absolute atomic E-state index is 0.178. The maximum absolute atomic E-state index is 11.1. The van der Waals surface area contributed by atoms with E-state index in [4.69, 9.17) is 0 Å². The van der Waals surface area contributed by atoms with Crippen molar-refractivity contribution in [3.63, 3.8) is 0 Å². The molecule has 0 saturated heterocycles. The van der Waals surface area contributed by atoms with Gasteiger partial charge in [0.2, 0.25) is 0 Å². The summed E-state index contributed by atoms with van der Waals surface area (Å²) in [5.74, 6) is 0.539. The lowest BCUT2D eigenvalue weighted by Gasteiger charge is -2.20. The van der Waals surface area contributed by atoms with Crippen molar-refractivity contribution < 1.29 is 9.59 Å². The molecule has 0 amide bonds. The molecule has 0 radical (unpaired) electrons. The lowest BCUT2D eigenvalue weighted by molar-refractivity contribution is -0.115. The van der Waals surface area contributed by atoms with Gasteiger partial charge in [0.15, 0.2) is 5.78 Å². The van der Waals surface area contributed by atoms with Gasteiger partial charge in [-0.25, -0.2) is 0 Å². The highest BCUT2D eigenvalue weighted by Crippen LogP contribution is 2.27. The van der Waals surface area contributed by atoms with Gasteiger partial charge in [0.1, 0.15) is 6.29 Å². The number of ketones is 1. The molecular weight excluding hydrogens is 164 g/mol. The fourth-order valence-electron chi connectivity index (χ4n) is 1.66. The van der Waals surface area contributed by atoms with Crippen LogP contribution in [-0.2, 0) is 9.59 Å². The molecule has 0 aromatic carbocycles. The molecule has 0 saturated carbocycles. The first-order chi connectivity index (χ1) is 6.27. The Bertz CT molecular complexity index is 251. The van der Waals surface area contributed by atoms with Crippen molar-refractivity contribution in [3.05, 3.63) is 24.3 Å². The van der Waals surface area contributed by atoms with Crippen LogP contribution in [0.3, 0.4) is 0 Å². The molecule has 0 bridgehead atoms. The molecule has 1 aliphatic carbocycles. The molecule has 0 N–H and O–H groups in total. The van der Waals surface area contributed by atoms with Crippen LogP contribution in [-0.4, -0.2) is 12.1 Å². The monoisotopic (exact) mass is 178 g/mol. The van der Waals surface area contributed by atoms with Crippen LogP contribution in [0.2, 0.25) is 0 Å². The Morgan fingerprint density at radius 3 is 3.00 bits per heavy atom. The zero-order valence-corrected chi connectivity index (χ0v) is 7.66. The van der Waals surface area contributed by atoms with Gasteiger partial charge in [-0.2, -0.15) is 0 Å². The summed E-state index contributed by atoms with van der Waals surface area (Å²) in [7, 11) is 0. The van der Waals surface area contributed by atoms with E-state index in [2.05, 4.69) is 6.58 Å². The van der Waals surface area contributed by atoms with Gasteiger partial charge in [0.05, 0.1) is 0 Å². The summed E-state index contributed by atoms with van der Waals surface area (Å²) < 4.78 is 0. The van der Waals surface area contributed by atoms with Gasteiger partial charge in [0, 0.05) is 12.8 Å². The van der Waals surface area contributed by atoms with E-state index in [1.165, 1.54) is 0 Å². The number of allylic oxidation sites excluding steroid dienone is 3. The third-order valence-electron chi connectivity index (χ3n) is 2.41. The largest absolute Gasteiger partial charge is 0.303 e. The van der Waals surface area contributed by atoms with E-state index in [1.54, 1.807) is 12.2 Å². The third-order valence-corrected chi connectivity index (χ3v) is 2.41. The van der Waals surface area contributed by atoms with Gasteiger partial charge in [0.25, 0.3) is 0 Å². The molecule has 0 aromatic heterocycles. The normalized spacial score (nSPS) is 22.3. The molecule has 0 aliphatic heterocycles. The maximum Gasteiger partial charge on any atom is 0.155 e. The van der Waals surface area contributed by atoms with Gasteiger partial charge in [-0.15, -0.1) is 0 Å². The Kier molecular flexibility index (Phi) is 3.62. The molecule has 1 rings (SSSR count). The molecular formula is C11H14O2. The van der Waals surface area contributed by atoms with Crippen LogP contribution in [0.1, 0.15) is 25.7 Å². The molecule has 0 heterocycles. The average Bonchev–Trinajstić information content (AvgIpc) is 2.16. The van der Waals surface area contributed by atoms with Crippen LogP contribution in [0.4, 0.5) is 0 Å². The van der Waals surface area contributed by atoms with E-state index in [0.717, 1.165) is 24.7 Å². The third kappa shape index (κ3) is 2.65. The summed E-state index contributed by atoms with van der Waals surface area (Å²) in [5, 5.41) is 0. The highest BCUT2D eigenvalue weighted by molar-refractivity contribution is 5.91. The van der Waals surface area contributed by atoms with Crippen molar-refractivity contribution in [2.24, 2.45) is 5.92 Å². The van der Waals surface area contributed by atoms with Crippen LogP contribution in [0.15, 0.2) is 24.3 Å². The number of hydrogen-bond donors (Lipinski definition) is 0. The molecule has 0 aromatic rings. The molecule has 1 unspecified atom stereocenters. The summed E-state index contributed by atoms with van der Waals surface area (Å²) in [4.78, 5) is 21.3. The predicted molar refractivity (Wildman–Crippen MR) is 51.3 cm³/mol. The van der Waals surface area contributed by atoms with E-state index in [-0.39, 0.29) is 5.78 Å². The maximum atomic E-state index is 11.1. The van der Waals surface area contributed by atoms with Gasteiger partial charge in [-0.05, 0) is 30.4 Å². The Morgan fingerprint density at radius 2 is 2.38 bits per heavy atom. The van der Waals surface area contributed by atoms with E-state index < -0.39 is 0 Å². The average molecular weight is 178 g/mol. The fourth-order valence-corrected chi connectivity index (χ4v) is 1.66. The Hall–Kier alpha value is -1.18. The summed E-state index contributed by atoms with van der Waals surface area (Å²) in [5.41, 5.74) is 0.998. The van der Waals surface area contributed by atoms with E-state index in [0.29, 0.717) is 18.8 Å². The van der Waals surface area contributed by atoms with E-state index >= 15 is 0 Å². The first-order valence-corrected chi connectivity index (χ1v) is 4.58. The molecule has 70 valence electrons. The molecule has 0 fully saturated rings. The lowest BCUT2D eigenvalue weighted by Crippen LogP contribution is -2.13. The molecule has 2 nitrogen and oxygen atoms in total. The van der Waals surface area contributed by atoms with E-state index in [9.17, 15) is 9.59 Å².